The number of aliphatic hydroxyl groups is 1. The molecule has 1 unspecified atom stereocenters. The summed E-state index contributed by atoms with van der Waals surface area (Å²) in [5, 5.41) is 18.1. The van der Waals surface area contributed by atoms with Gasteiger partial charge in [-0.1, -0.05) is 12.1 Å². The molecule has 0 aliphatic carbocycles. The van der Waals surface area contributed by atoms with Gasteiger partial charge in [0.15, 0.2) is 5.78 Å². The number of methoxy groups -OCH3 is 1. The van der Waals surface area contributed by atoms with Crippen LogP contribution in [0, 0.1) is 11.3 Å². The Balaban J connectivity index is 3.06. The average molecular weight is 301 g/mol. The highest BCUT2D eigenvalue weighted by Crippen LogP contribution is 2.35. The number of nitrogens with zero attached hydrogens (tertiary/aromatic N) is 1. The molecule has 1 rings (SSSR count). The van der Waals surface area contributed by atoms with Crippen molar-refractivity contribution in [3.8, 4) is 6.07 Å². The first-order chi connectivity index (χ1) is 9.65. The predicted octanol–water partition coefficient (Wildman–Crippen LogP) is 1.60. The van der Waals surface area contributed by atoms with E-state index < -0.39 is 30.0 Å². The predicted molar refractivity (Wildman–Crippen MR) is 63.1 cm³/mol. The van der Waals surface area contributed by atoms with Gasteiger partial charge in [-0.15, -0.1) is 0 Å². The molecule has 21 heavy (non-hydrogen) atoms. The standard InChI is InChI=1S/C13H10F3NO4/c1-21-11(19)12(20,13(14,15)16)6-10(18)9-4-2-8(7-17)3-5-9/h2-5,20H,6H2,1H3. The molecular weight excluding hydrogens is 291 g/mol. The zero-order chi connectivity index (χ0) is 16.3. The smallest absolute Gasteiger partial charge is 0.428 e. The van der Waals surface area contributed by atoms with E-state index in [1.165, 1.54) is 12.1 Å². The molecule has 1 atom stereocenters. The van der Waals surface area contributed by atoms with Gasteiger partial charge in [-0.3, -0.25) is 4.79 Å². The summed E-state index contributed by atoms with van der Waals surface area (Å²) in [6, 6.07) is 6.51. The Morgan fingerprint density at radius 3 is 2.19 bits per heavy atom. The number of benzene rings is 1. The van der Waals surface area contributed by atoms with Crippen molar-refractivity contribution in [3.05, 3.63) is 35.4 Å². The zero-order valence-electron chi connectivity index (χ0n) is 10.8. The Labute approximate surface area is 117 Å². The number of ether oxygens (including phenoxy) is 1. The number of carbonyl (C=O) groups is 2. The first-order valence-electron chi connectivity index (χ1n) is 5.56. The summed E-state index contributed by atoms with van der Waals surface area (Å²) in [5.41, 5.74) is -3.86. The first kappa shape index (κ1) is 16.7. The van der Waals surface area contributed by atoms with Crippen LogP contribution in [-0.2, 0) is 9.53 Å². The van der Waals surface area contributed by atoms with E-state index in [2.05, 4.69) is 4.74 Å². The van der Waals surface area contributed by atoms with E-state index in [-0.39, 0.29) is 11.1 Å². The molecule has 8 heteroatoms. The molecular formula is C13H10F3NO4. The van der Waals surface area contributed by atoms with Crippen LogP contribution in [0.1, 0.15) is 22.3 Å². The second kappa shape index (κ2) is 5.93. The Hall–Kier alpha value is -2.40. The number of Topliss-reactive ketones (excluding diaryl/α,β-unsaturated/α-hetero) is 1. The summed E-state index contributed by atoms with van der Waals surface area (Å²) >= 11 is 0. The van der Waals surface area contributed by atoms with Gasteiger partial charge in [-0.05, 0) is 12.1 Å². The number of halogens is 3. The molecule has 0 saturated carbocycles. The SMILES string of the molecule is COC(=O)C(O)(CC(=O)c1ccc(C#N)cc1)C(F)(F)F. The largest absolute Gasteiger partial charge is 0.467 e. The van der Waals surface area contributed by atoms with E-state index in [1.807, 2.05) is 0 Å². The second-order valence-electron chi connectivity index (χ2n) is 4.14. The monoisotopic (exact) mass is 301 g/mol. The van der Waals surface area contributed by atoms with Crippen LogP contribution in [0.25, 0.3) is 0 Å². The second-order valence-corrected chi connectivity index (χ2v) is 4.14. The van der Waals surface area contributed by atoms with E-state index in [0.717, 1.165) is 12.1 Å². The quantitative estimate of drug-likeness (QED) is 0.674. The van der Waals surface area contributed by atoms with Crippen LogP contribution < -0.4 is 0 Å². The number of ketones is 1. The molecule has 0 aliphatic heterocycles. The summed E-state index contributed by atoms with van der Waals surface area (Å²) in [4.78, 5) is 22.9. The highest BCUT2D eigenvalue weighted by Gasteiger charge is 2.61. The third-order valence-electron chi connectivity index (χ3n) is 2.74. The number of nitriles is 1. The van der Waals surface area contributed by atoms with E-state index in [0.29, 0.717) is 7.11 Å². The van der Waals surface area contributed by atoms with Crippen molar-refractivity contribution in [2.45, 2.75) is 18.2 Å². The van der Waals surface area contributed by atoms with Gasteiger partial charge >= 0.3 is 12.1 Å². The fourth-order valence-corrected chi connectivity index (χ4v) is 1.52. The fraction of sp³-hybridized carbons (Fsp3) is 0.308. The van der Waals surface area contributed by atoms with Crippen LogP contribution in [0.5, 0.6) is 0 Å². The summed E-state index contributed by atoms with van der Waals surface area (Å²) in [7, 11) is 0.672. The van der Waals surface area contributed by atoms with Crippen molar-refractivity contribution in [1.82, 2.24) is 0 Å². The lowest BCUT2D eigenvalue weighted by atomic mass is 9.93. The Morgan fingerprint density at radius 1 is 1.29 bits per heavy atom. The molecule has 0 aromatic heterocycles. The van der Waals surface area contributed by atoms with Crippen molar-refractivity contribution in [3.63, 3.8) is 0 Å². The van der Waals surface area contributed by atoms with Gasteiger partial charge in [0.1, 0.15) is 0 Å². The van der Waals surface area contributed by atoms with E-state index >= 15 is 0 Å². The lowest BCUT2D eigenvalue weighted by Gasteiger charge is -2.26. The number of alkyl halides is 3. The van der Waals surface area contributed by atoms with Crippen LogP contribution in [0.2, 0.25) is 0 Å². The Kier molecular flexibility index (Phi) is 4.70. The van der Waals surface area contributed by atoms with Gasteiger partial charge in [-0.2, -0.15) is 18.4 Å². The Morgan fingerprint density at radius 2 is 1.81 bits per heavy atom. The summed E-state index contributed by atoms with van der Waals surface area (Å²) in [6.07, 6.45) is -6.86. The van der Waals surface area contributed by atoms with Crippen molar-refractivity contribution in [2.24, 2.45) is 0 Å². The molecule has 0 aliphatic rings. The molecule has 112 valence electrons. The van der Waals surface area contributed by atoms with Crippen molar-refractivity contribution < 1.29 is 32.6 Å². The normalized spacial score (nSPS) is 13.9. The lowest BCUT2D eigenvalue weighted by molar-refractivity contribution is -0.260. The van der Waals surface area contributed by atoms with E-state index in [4.69, 9.17) is 5.26 Å². The van der Waals surface area contributed by atoms with Crippen LogP contribution in [0.3, 0.4) is 0 Å². The Bertz CT molecular complexity index is 589. The summed E-state index contributed by atoms with van der Waals surface area (Å²) in [5.74, 6) is -3.07. The fourth-order valence-electron chi connectivity index (χ4n) is 1.52. The molecule has 1 aromatic rings. The topological polar surface area (TPSA) is 87.4 Å². The van der Waals surface area contributed by atoms with Crippen molar-refractivity contribution in [2.75, 3.05) is 7.11 Å². The van der Waals surface area contributed by atoms with E-state index in [9.17, 15) is 27.9 Å². The number of hydrogen-bond acceptors (Lipinski definition) is 5. The lowest BCUT2D eigenvalue weighted by Crippen LogP contribution is -2.54. The zero-order valence-corrected chi connectivity index (χ0v) is 10.8. The van der Waals surface area contributed by atoms with Gasteiger partial charge in [0.25, 0.3) is 5.60 Å². The van der Waals surface area contributed by atoms with Crippen molar-refractivity contribution >= 4 is 11.8 Å². The summed E-state index contributed by atoms with van der Waals surface area (Å²) in [6.45, 7) is 0. The molecule has 1 N–H and O–H groups in total. The highest BCUT2D eigenvalue weighted by atomic mass is 19.4. The van der Waals surface area contributed by atoms with Crippen LogP contribution in [-0.4, -0.2) is 35.7 Å². The maximum absolute atomic E-state index is 12.8. The minimum absolute atomic E-state index is 0.166. The minimum Gasteiger partial charge on any atom is -0.467 e. The molecule has 0 bridgehead atoms. The average Bonchev–Trinajstić information content (AvgIpc) is 2.45. The number of rotatable bonds is 4. The van der Waals surface area contributed by atoms with Crippen LogP contribution >= 0.6 is 0 Å². The molecule has 5 nitrogen and oxygen atoms in total. The first-order valence-corrected chi connectivity index (χ1v) is 5.56. The van der Waals surface area contributed by atoms with Gasteiger partial charge in [-0.25, -0.2) is 4.79 Å². The molecule has 0 saturated heterocycles. The van der Waals surface area contributed by atoms with E-state index in [1.54, 1.807) is 6.07 Å². The molecule has 0 radical (unpaired) electrons. The van der Waals surface area contributed by atoms with Gasteiger partial charge in [0, 0.05) is 5.56 Å². The number of esters is 1. The van der Waals surface area contributed by atoms with Crippen molar-refractivity contribution in [1.29, 1.82) is 5.26 Å². The molecule has 0 spiro atoms. The third kappa shape index (κ3) is 3.38. The number of hydrogen-bond donors (Lipinski definition) is 1. The molecule has 0 fully saturated rings. The maximum Gasteiger partial charge on any atom is 0.428 e. The molecule has 1 aromatic carbocycles. The minimum atomic E-state index is -5.36. The van der Waals surface area contributed by atoms with Gasteiger partial charge in [0.05, 0.1) is 25.2 Å². The molecule has 0 amide bonds. The highest BCUT2D eigenvalue weighted by molar-refractivity contribution is 6.00. The van der Waals surface area contributed by atoms with Gasteiger partial charge < -0.3 is 9.84 Å². The molecule has 0 heterocycles. The van der Waals surface area contributed by atoms with Gasteiger partial charge in [0.2, 0.25) is 0 Å². The summed E-state index contributed by atoms with van der Waals surface area (Å²) < 4.78 is 42.3. The number of carbonyl (C=O) groups excluding carboxylic acids is 2. The third-order valence-corrected chi connectivity index (χ3v) is 2.74. The van der Waals surface area contributed by atoms with Crippen LogP contribution in [0.4, 0.5) is 13.2 Å². The van der Waals surface area contributed by atoms with Crippen LogP contribution in [0.15, 0.2) is 24.3 Å². The maximum atomic E-state index is 12.8.